The summed E-state index contributed by atoms with van der Waals surface area (Å²) in [5.41, 5.74) is 0. The summed E-state index contributed by atoms with van der Waals surface area (Å²) >= 11 is 0. The molecule has 9 nitrogen and oxygen atoms in total. The van der Waals surface area contributed by atoms with Crippen LogP contribution in [0.2, 0.25) is 0 Å². The Kier molecular flexibility index (Phi) is 55.6. The van der Waals surface area contributed by atoms with Gasteiger partial charge >= 0.3 is 7.82 Å². The predicted molar refractivity (Wildman–Crippen MR) is 333 cm³/mol. The number of aliphatic hydroxyl groups is 2. The summed E-state index contributed by atoms with van der Waals surface area (Å²) in [5.74, 6) is -0.265. The Morgan fingerprint density at radius 3 is 1.19 bits per heavy atom. The fourth-order valence-corrected chi connectivity index (χ4v) is 10.2. The molecule has 0 aromatic rings. The van der Waals surface area contributed by atoms with E-state index in [1.807, 2.05) is 21.1 Å². The standard InChI is InChI=1S/C67H125N2O7P/c1-6-8-10-12-14-16-18-20-21-22-23-24-25-26-27-28-29-30-31-32-33-34-35-36-37-38-39-40-41-42-43-44-45-46-47-48-50-52-54-56-58-60-66(71)68-64(63-76-77(73,74)75-62-61-69(3,4)5)67(72)65(70)59-57-55-53-51-49-19-17-15-13-11-9-7-2/h8,10,14,16,20-21,23-24,26-27,51,53,64-65,67,70,72H,6-7,9,11-13,15,17-19,22,25,28-50,52,54-63H2,1-5H3,(H-,68,71,73,74)/p+1/b10-8-,16-14-,21-20-,24-23-,27-26-,53-51+. The van der Waals surface area contributed by atoms with Crippen molar-refractivity contribution in [2.24, 2.45) is 0 Å². The molecule has 0 heterocycles. The Morgan fingerprint density at radius 1 is 0.468 bits per heavy atom. The van der Waals surface area contributed by atoms with E-state index in [0.29, 0.717) is 23.9 Å². The predicted octanol–water partition coefficient (Wildman–Crippen LogP) is 19.2. The number of carbonyl (C=O) groups excluding carboxylic acids is 1. The zero-order chi connectivity index (χ0) is 56.4. The molecule has 0 aromatic heterocycles. The van der Waals surface area contributed by atoms with Crippen molar-refractivity contribution < 1.29 is 38.0 Å². The van der Waals surface area contributed by atoms with Gasteiger partial charge in [-0.25, -0.2) is 4.57 Å². The monoisotopic (exact) mass is 1100 g/mol. The van der Waals surface area contributed by atoms with Crippen LogP contribution in [0.3, 0.4) is 0 Å². The van der Waals surface area contributed by atoms with Gasteiger partial charge in [0.25, 0.3) is 0 Å². The first-order valence-corrected chi connectivity index (χ1v) is 33.9. The summed E-state index contributed by atoms with van der Waals surface area (Å²) in [6.45, 7) is 4.48. The van der Waals surface area contributed by atoms with E-state index in [0.717, 1.165) is 64.2 Å². The highest BCUT2D eigenvalue weighted by molar-refractivity contribution is 7.47. The topological polar surface area (TPSA) is 125 Å². The molecule has 0 radical (unpaired) electrons. The lowest BCUT2D eigenvalue weighted by Gasteiger charge is -2.28. The zero-order valence-electron chi connectivity index (χ0n) is 51.1. The number of phosphoric ester groups is 1. The molecule has 0 rings (SSSR count). The van der Waals surface area contributed by atoms with Gasteiger partial charge in [0.2, 0.25) is 5.91 Å². The Labute approximate surface area is 477 Å². The zero-order valence-corrected chi connectivity index (χ0v) is 52.0. The molecule has 1 amide bonds. The van der Waals surface area contributed by atoms with Crippen molar-refractivity contribution in [1.29, 1.82) is 0 Å². The second-order valence-electron chi connectivity index (χ2n) is 23.2. The van der Waals surface area contributed by atoms with Gasteiger partial charge in [0.15, 0.2) is 0 Å². The minimum Gasteiger partial charge on any atom is -0.390 e. The molecule has 0 saturated heterocycles. The fourth-order valence-electron chi connectivity index (χ4n) is 9.47. The fraction of sp³-hybridized carbons (Fsp3) is 0.806. The lowest BCUT2D eigenvalue weighted by Crippen LogP contribution is -2.51. The average molecular weight is 1100 g/mol. The van der Waals surface area contributed by atoms with Gasteiger partial charge in [-0.15, -0.1) is 0 Å². The number of likely N-dealkylation sites (N-methyl/N-ethyl adjacent to an activating group) is 1. The third-order valence-corrected chi connectivity index (χ3v) is 15.5. The molecule has 10 heteroatoms. The summed E-state index contributed by atoms with van der Waals surface area (Å²) in [5, 5.41) is 24.8. The molecule has 4 unspecified atom stereocenters. The van der Waals surface area contributed by atoms with Crippen molar-refractivity contribution in [3.05, 3.63) is 72.9 Å². The van der Waals surface area contributed by atoms with Gasteiger partial charge in [-0.1, -0.05) is 273 Å². The Hall–Kier alpha value is -2.10. The van der Waals surface area contributed by atoms with Crippen molar-refractivity contribution in [2.45, 2.75) is 308 Å². The summed E-state index contributed by atoms with van der Waals surface area (Å²) in [6, 6.07) is -1.05. The van der Waals surface area contributed by atoms with Crippen LogP contribution < -0.4 is 5.32 Å². The van der Waals surface area contributed by atoms with E-state index in [-0.39, 0.29) is 18.9 Å². The van der Waals surface area contributed by atoms with Gasteiger partial charge in [0.05, 0.1) is 39.9 Å². The van der Waals surface area contributed by atoms with Crippen LogP contribution in [0.1, 0.15) is 290 Å². The highest BCUT2D eigenvalue weighted by atomic mass is 31.2. The molecule has 0 saturated carbocycles. The first-order chi connectivity index (χ1) is 37.4. The summed E-state index contributed by atoms with van der Waals surface area (Å²) in [7, 11) is 1.42. The van der Waals surface area contributed by atoms with Crippen molar-refractivity contribution in [3.63, 3.8) is 0 Å². The molecule has 4 N–H and O–H groups in total. The van der Waals surface area contributed by atoms with E-state index >= 15 is 0 Å². The van der Waals surface area contributed by atoms with E-state index in [4.69, 9.17) is 9.05 Å². The van der Waals surface area contributed by atoms with Crippen LogP contribution in [0.25, 0.3) is 0 Å². The number of rotatable bonds is 59. The maximum Gasteiger partial charge on any atom is 0.472 e. The van der Waals surface area contributed by atoms with E-state index in [9.17, 15) is 24.5 Å². The summed E-state index contributed by atoms with van der Waals surface area (Å²) < 4.78 is 23.6. The highest BCUT2D eigenvalue weighted by Gasteiger charge is 2.32. The van der Waals surface area contributed by atoms with Crippen molar-refractivity contribution in [1.82, 2.24) is 5.32 Å². The number of carbonyl (C=O) groups is 1. The third kappa shape index (κ3) is 58.4. The number of unbranched alkanes of at least 4 members (excludes halogenated alkanes) is 33. The number of aliphatic hydroxyl groups excluding tert-OH is 2. The van der Waals surface area contributed by atoms with Crippen molar-refractivity contribution in [3.8, 4) is 0 Å². The normalized spacial score (nSPS) is 14.6. The quantitative estimate of drug-likeness (QED) is 0.0207. The molecule has 0 fully saturated rings. The molecular weight excluding hydrogens is 976 g/mol. The van der Waals surface area contributed by atoms with Crippen molar-refractivity contribution >= 4 is 13.7 Å². The smallest absolute Gasteiger partial charge is 0.390 e. The maximum absolute atomic E-state index is 13.0. The molecule has 4 atom stereocenters. The van der Waals surface area contributed by atoms with Gasteiger partial charge in [0, 0.05) is 6.42 Å². The largest absolute Gasteiger partial charge is 0.472 e. The first kappa shape index (κ1) is 74.9. The molecule has 0 aliphatic carbocycles. The second kappa shape index (κ2) is 57.1. The average Bonchev–Trinajstić information content (AvgIpc) is 3.39. The van der Waals surface area contributed by atoms with Crippen LogP contribution in [-0.4, -0.2) is 84.6 Å². The van der Waals surface area contributed by atoms with Crippen LogP contribution in [0.4, 0.5) is 0 Å². The second-order valence-corrected chi connectivity index (χ2v) is 24.7. The number of amides is 1. The van der Waals surface area contributed by atoms with Crippen LogP contribution in [-0.2, 0) is 18.4 Å². The number of quaternary nitrogens is 1. The van der Waals surface area contributed by atoms with Gasteiger partial charge in [-0.3, -0.25) is 13.8 Å². The Morgan fingerprint density at radius 2 is 0.805 bits per heavy atom. The van der Waals surface area contributed by atoms with Gasteiger partial charge in [0.1, 0.15) is 19.3 Å². The van der Waals surface area contributed by atoms with Crippen LogP contribution in [0, 0.1) is 0 Å². The highest BCUT2D eigenvalue weighted by Crippen LogP contribution is 2.43. The van der Waals surface area contributed by atoms with Gasteiger partial charge < -0.3 is 24.9 Å². The number of nitrogens with zero attached hydrogens (tertiary/aromatic N) is 1. The lowest BCUT2D eigenvalue weighted by molar-refractivity contribution is -0.870. The Bertz CT molecular complexity index is 1500. The molecule has 77 heavy (non-hydrogen) atoms. The number of allylic oxidation sites excluding steroid dienone is 12. The summed E-state index contributed by atoms with van der Waals surface area (Å²) in [4.78, 5) is 23.3. The molecular formula is C67H126N2O7P+. The van der Waals surface area contributed by atoms with E-state index in [2.05, 4.69) is 92.1 Å². The molecule has 0 aliphatic heterocycles. The summed E-state index contributed by atoms with van der Waals surface area (Å²) in [6.07, 6.45) is 76.1. The number of phosphoric acid groups is 1. The maximum atomic E-state index is 13.0. The first-order valence-electron chi connectivity index (χ1n) is 32.4. The minimum atomic E-state index is -4.43. The Balaban J connectivity index is 3.92. The number of nitrogens with one attached hydrogen (secondary N) is 1. The molecule has 0 aromatic carbocycles. The third-order valence-electron chi connectivity index (χ3n) is 14.5. The van der Waals surface area contributed by atoms with E-state index in [1.165, 1.54) is 193 Å². The lowest BCUT2D eigenvalue weighted by atomic mass is 10.0. The van der Waals surface area contributed by atoms with Crippen LogP contribution in [0.5, 0.6) is 0 Å². The van der Waals surface area contributed by atoms with E-state index in [1.54, 1.807) is 0 Å². The molecule has 450 valence electrons. The van der Waals surface area contributed by atoms with E-state index < -0.39 is 32.7 Å². The van der Waals surface area contributed by atoms with Gasteiger partial charge in [-0.05, 0) is 83.5 Å². The molecule has 0 bridgehead atoms. The van der Waals surface area contributed by atoms with Crippen molar-refractivity contribution in [2.75, 3.05) is 40.9 Å². The van der Waals surface area contributed by atoms with Crippen LogP contribution >= 0.6 is 7.82 Å². The minimum absolute atomic E-state index is 0.0168. The van der Waals surface area contributed by atoms with Gasteiger partial charge in [-0.2, -0.15) is 0 Å². The molecule has 0 aliphatic rings. The SMILES string of the molecule is CC/C=C\C/C=C\C/C=C\C/C=C\C/C=C\CCCCCCCCCCCCCCCCCCCCCCCCCCCC(=O)NC(COP(=O)(O)OCC[N+](C)(C)C)C(O)C(O)CCC/C=C/CCCCCCCCC. The number of hydrogen-bond donors (Lipinski definition) is 4. The number of hydrogen-bond acceptors (Lipinski definition) is 6. The molecule has 0 spiro atoms. The van der Waals surface area contributed by atoms with Crippen LogP contribution in [0.15, 0.2) is 72.9 Å².